The quantitative estimate of drug-likeness (QED) is 0.853. The third-order valence-electron chi connectivity index (χ3n) is 5.66. The Kier molecular flexibility index (Phi) is 4.51. The van der Waals surface area contributed by atoms with E-state index in [0.29, 0.717) is 24.9 Å². The average Bonchev–Trinajstić information content (AvgIpc) is 3.22. The van der Waals surface area contributed by atoms with E-state index >= 15 is 0 Å². The smallest absolute Gasteiger partial charge is 0.317 e. The minimum atomic E-state index is -0.0302. The fourth-order valence-corrected chi connectivity index (χ4v) is 4.34. The molecule has 0 spiro atoms. The summed E-state index contributed by atoms with van der Waals surface area (Å²) >= 11 is 0. The molecule has 0 aromatic heterocycles. The number of anilines is 1. The van der Waals surface area contributed by atoms with Crippen LogP contribution in [0.2, 0.25) is 0 Å². The first-order valence-corrected chi connectivity index (χ1v) is 9.27. The Balaban J connectivity index is 1.24. The molecule has 1 saturated carbocycles. The summed E-state index contributed by atoms with van der Waals surface area (Å²) in [5.74, 6) is 2.15. The molecule has 2 atom stereocenters. The second-order valence-corrected chi connectivity index (χ2v) is 7.24. The van der Waals surface area contributed by atoms with Gasteiger partial charge < -0.3 is 19.9 Å². The minimum Gasteiger partial charge on any atom is -0.482 e. The Morgan fingerprint density at radius 2 is 1.96 bits per heavy atom. The Bertz CT molecular complexity index is 651. The Morgan fingerprint density at radius 1 is 1.20 bits per heavy atom. The van der Waals surface area contributed by atoms with Crippen LogP contribution in [0.5, 0.6) is 5.75 Å². The van der Waals surface area contributed by atoms with Crippen molar-refractivity contribution in [3.05, 3.63) is 24.3 Å². The standard InChI is InChI=1S/C19H25N3O3/c23-18-13-25-17-8-2-1-7-16(17)22(18)10-4-9-20-19(24)21-11-14-5-3-6-15(14)12-21/h1-2,7-8,14-15H,3-6,9-13H2,(H,20,24)/t14-,15-/m0/s1. The van der Waals surface area contributed by atoms with Gasteiger partial charge in [-0.25, -0.2) is 4.79 Å². The van der Waals surface area contributed by atoms with Gasteiger partial charge in [0.15, 0.2) is 6.61 Å². The fraction of sp³-hybridized carbons (Fsp3) is 0.579. The molecule has 0 radical (unpaired) electrons. The summed E-state index contributed by atoms with van der Waals surface area (Å²) in [7, 11) is 0. The number of carbonyl (C=O) groups excluding carboxylic acids is 2. The number of nitrogens with zero attached hydrogens (tertiary/aromatic N) is 2. The molecule has 1 aliphatic carbocycles. The molecule has 4 rings (SSSR count). The molecular weight excluding hydrogens is 318 g/mol. The van der Waals surface area contributed by atoms with E-state index in [0.717, 1.165) is 30.9 Å². The highest BCUT2D eigenvalue weighted by atomic mass is 16.5. The van der Waals surface area contributed by atoms with Crippen LogP contribution in [0.3, 0.4) is 0 Å². The van der Waals surface area contributed by atoms with Crippen LogP contribution in [0.15, 0.2) is 24.3 Å². The van der Waals surface area contributed by atoms with Gasteiger partial charge in [-0.1, -0.05) is 18.6 Å². The van der Waals surface area contributed by atoms with Crippen molar-refractivity contribution >= 4 is 17.6 Å². The minimum absolute atomic E-state index is 0.0302. The lowest BCUT2D eigenvalue weighted by Crippen LogP contribution is -2.42. The first-order valence-electron chi connectivity index (χ1n) is 9.27. The van der Waals surface area contributed by atoms with Crippen molar-refractivity contribution in [3.63, 3.8) is 0 Å². The van der Waals surface area contributed by atoms with Crippen molar-refractivity contribution in [2.45, 2.75) is 25.7 Å². The highest BCUT2D eigenvalue weighted by molar-refractivity contribution is 5.97. The van der Waals surface area contributed by atoms with Gasteiger partial charge in [-0.15, -0.1) is 0 Å². The van der Waals surface area contributed by atoms with Gasteiger partial charge in [-0.05, 0) is 43.2 Å². The van der Waals surface area contributed by atoms with Crippen LogP contribution < -0.4 is 15.0 Å². The lowest BCUT2D eigenvalue weighted by atomic mass is 10.0. The lowest BCUT2D eigenvalue weighted by Gasteiger charge is -2.29. The maximum atomic E-state index is 12.3. The van der Waals surface area contributed by atoms with Gasteiger partial charge in [0.2, 0.25) is 0 Å². The number of fused-ring (bicyclic) bond motifs is 2. The zero-order chi connectivity index (χ0) is 17.2. The summed E-state index contributed by atoms with van der Waals surface area (Å²) in [5, 5.41) is 3.01. The van der Waals surface area contributed by atoms with E-state index in [2.05, 4.69) is 5.32 Å². The number of para-hydroxylation sites is 2. The predicted octanol–water partition coefficient (Wildman–Crippen LogP) is 2.24. The molecule has 0 unspecified atom stereocenters. The molecule has 2 heterocycles. The second-order valence-electron chi connectivity index (χ2n) is 7.24. The molecule has 134 valence electrons. The molecule has 1 saturated heterocycles. The number of likely N-dealkylation sites (tertiary alicyclic amines) is 1. The first-order chi connectivity index (χ1) is 12.2. The van der Waals surface area contributed by atoms with E-state index in [-0.39, 0.29) is 18.5 Å². The highest BCUT2D eigenvalue weighted by Crippen LogP contribution is 2.37. The molecule has 0 bridgehead atoms. The summed E-state index contributed by atoms with van der Waals surface area (Å²) < 4.78 is 5.45. The Labute approximate surface area is 148 Å². The van der Waals surface area contributed by atoms with Gasteiger partial charge in [-0.3, -0.25) is 4.79 Å². The molecule has 2 aliphatic heterocycles. The van der Waals surface area contributed by atoms with Crippen molar-refractivity contribution in [2.75, 3.05) is 37.7 Å². The molecule has 1 aromatic carbocycles. The van der Waals surface area contributed by atoms with E-state index in [4.69, 9.17) is 4.74 Å². The predicted molar refractivity (Wildman–Crippen MR) is 94.7 cm³/mol. The number of hydrogen-bond donors (Lipinski definition) is 1. The van der Waals surface area contributed by atoms with Gasteiger partial charge >= 0.3 is 6.03 Å². The third-order valence-corrected chi connectivity index (χ3v) is 5.66. The molecule has 6 nitrogen and oxygen atoms in total. The molecule has 1 aromatic rings. The number of benzene rings is 1. The molecule has 6 heteroatoms. The Hall–Kier alpha value is -2.24. The van der Waals surface area contributed by atoms with E-state index in [1.165, 1.54) is 19.3 Å². The SMILES string of the molecule is O=C(NCCCN1C(=O)COc2ccccc21)N1C[C@@H]2CCC[C@H]2C1. The highest BCUT2D eigenvalue weighted by Gasteiger charge is 2.37. The number of rotatable bonds is 4. The molecule has 3 aliphatic rings. The number of hydrogen-bond acceptors (Lipinski definition) is 3. The van der Waals surface area contributed by atoms with Crippen molar-refractivity contribution in [1.29, 1.82) is 0 Å². The van der Waals surface area contributed by atoms with Crippen LogP contribution in [-0.2, 0) is 4.79 Å². The summed E-state index contributed by atoms with van der Waals surface area (Å²) in [6, 6.07) is 7.62. The monoisotopic (exact) mass is 343 g/mol. The van der Waals surface area contributed by atoms with Crippen molar-refractivity contribution in [1.82, 2.24) is 10.2 Å². The number of nitrogens with one attached hydrogen (secondary N) is 1. The molecule has 1 N–H and O–H groups in total. The summed E-state index contributed by atoms with van der Waals surface area (Å²) in [4.78, 5) is 28.1. The van der Waals surface area contributed by atoms with Gasteiger partial charge in [0.1, 0.15) is 5.75 Å². The van der Waals surface area contributed by atoms with Crippen molar-refractivity contribution < 1.29 is 14.3 Å². The summed E-state index contributed by atoms with van der Waals surface area (Å²) in [5.41, 5.74) is 0.817. The van der Waals surface area contributed by atoms with Gasteiger partial charge in [-0.2, -0.15) is 0 Å². The maximum Gasteiger partial charge on any atom is 0.317 e. The largest absolute Gasteiger partial charge is 0.482 e. The van der Waals surface area contributed by atoms with Gasteiger partial charge in [0.05, 0.1) is 5.69 Å². The maximum absolute atomic E-state index is 12.3. The van der Waals surface area contributed by atoms with E-state index < -0.39 is 0 Å². The third kappa shape index (κ3) is 3.30. The first kappa shape index (κ1) is 16.2. The van der Waals surface area contributed by atoms with Crippen molar-refractivity contribution in [3.8, 4) is 5.75 Å². The lowest BCUT2D eigenvalue weighted by molar-refractivity contribution is -0.121. The zero-order valence-electron chi connectivity index (χ0n) is 14.4. The molecule has 3 amide bonds. The van der Waals surface area contributed by atoms with E-state index in [1.807, 2.05) is 29.2 Å². The van der Waals surface area contributed by atoms with Crippen LogP contribution in [0, 0.1) is 11.8 Å². The van der Waals surface area contributed by atoms with Crippen LogP contribution >= 0.6 is 0 Å². The van der Waals surface area contributed by atoms with Crippen molar-refractivity contribution in [2.24, 2.45) is 11.8 Å². The van der Waals surface area contributed by atoms with Gasteiger partial charge in [0, 0.05) is 26.2 Å². The van der Waals surface area contributed by atoms with Crippen LogP contribution in [0.1, 0.15) is 25.7 Å². The Morgan fingerprint density at radius 3 is 2.76 bits per heavy atom. The average molecular weight is 343 g/mol. The molecular formula is C19H25N3O3. The van der Waals surface area contributed by atoms with Gasteiger partial charge in [0.25, 0.3) is 5.91 Å². The number of ether oxygens (including phenoxy) is 1. The van der Waals surface area contributed by atoms with Crippen LogP contribution in [0.4, 0.5) is 10.5 Å². The normalized spacial score (nSPS) is 24.7. The number of amides is 3. The fourth-order valence-electron chi connectivity index (χ4n) is 4.34. The van der Waals surface area contributed by atoms with Crippen LogP contribution in [-0.4, -0.2) is 49.6 Å². The molecule has 25 heavy (non-hydrogen) atoms. The zero-order valence-corrected chi connectivity index (χ0v) is 14.4. The summed E-state index contributed by atoms with van der Waals surface area (Å²) in [6.45, 7) is 3.07. The topological polar surface area (TPSA) is 61.9 Å². The summed E-state index contributed by atoms with van der Waals surface area (Å²) in [6.07, 6.45) is 4.59. The van der Waals surface area contributed by atoms with Crippen LogP contribution in [0.25, 0.3) is 0 Å². The second kappa shape index (κ2) is 6.94. The molecule has 2 fully saturated rings. The van der Waals surface area contributed by atoms with E-state index in [9.17, 15) is 9.59 Å². The van der Waals surface area contributed by atoms with E-state index in [1.54, 1.807) is 4.90 Å². The number of urea groups is 1. The number of carbonyl (C=O) groups is 2.